The van der Waals surface area contributed by atoms with Gasteiger partial charge in [-0.2, -0.15) is 0 Å². The fourth-order valence-corrected chi connectivity index (χ4v) is 1.92. The van der Waals surface area contributed by atoms with Gasteiger partial charge in [0, 0.05) is 12.4 Å². The molecule has 0 unspecified atom stereocenters. The molecule has 1 N–H and O–H groups in total. The van der Waals surface area contributed by atoms with Gasteiger partial charge in [-0.25, -0.2) is 0 Å². The molecule has 2 aromatic rings. The van der Waals surface area contributed by atoms with E-state index in [0.717, 1.165) is 11.1 Å². The van der Waals surface area contributed by atoms with Gasteiger partial charge < -0.3 is 5.11 Å². The molecule has 0 amide bonds. The number of pyridine rings is 1. The molecule has 0 aliphatic rings. The molecule has 2 heteroatoms. The zero-order valence-corrected chi connectivity index (χ0v) is 9.30. The summed E-state index contributed by atoms with van der Waals surface area (Å²) in [5.41, 5.74) is 0.893. The van der Waals surface area contributed by atoms with Gasteiger partial charge in [-0.15, -0.1) is 0 Å². The van der Waals surface area contributed by atoms with Gasteiger partial charge >= 0.3 is 0 Å². The summed E-state index contributed by atoms with van der Waals surface area (Å²) < 4.78 is 0. The minimum absolute atomic E-state index is 0.640. The smallest absolute Gasteiger partial charge is 0.114 e. The van der Waals surface area contributed by atoms with Gasteiger partial charge in [0.15, 0.2) is 0 Å². The second-order valence-electron chi connectivity index (χ2n) is 3.82. The third-order valence-electron chi connectivity index (χ3n) is 2.92. The third kappa shape index (κ3) is 1.84. The molecule has 0 aliphatic carbocycles. The molecular formula is C14H15NO. The van der Waals surface area contributed by atoms with E-state index in [1.165, 1.54) is 0 Å². The van der Waals surface area contributed by atoms with Crippen LogP contribution >= 0.6 is 0 Å². The molecule has 1 aromatic heterocycles. The van der Waals surface area contributed by atoms with Gasteiger partial charge in [-0.05, 0) is 29.7 Å². The van der Waals surface area contributed by atoms with Crippen LogP contribution in [0.5, 0.6) is 0 Å². The van der Waals surface area contributed by atoms with E-state index in [4.69, 9.17) is 0 Å². The summed E-state index contributed by atoms with van der Waals surface area (Å²) in [5, 5.41) is 10.7. The van der Waals surface area contributed by atoms with E-state index < -0.39 is 5.60 Å². The average molecular weight is 213 g/mol. The lowest BCUT2D eigenvalue weighted by molar-refractivity contribution is 0.0764. The monoisotopic (exact) mass is 213 g/mol. The molecule has 0 fully saturated rings. The summed E-state index contributed by atoms with van der Waals surface area (Å²) in [6.45, 7) is 1.98. The number of hydrogen-bond donors (Lipinski definition) is 1. The zero-order chi connectivity index (χ0) is 11.4. The van der Waals surface area contributed by atoms with Crippen molar-refractivity contribution >= 4 is 0 Å². The molecular weight excluding hydrogens is 198 g/mol. The van der Waals surface area contributed by atoms with Crippen molar-refractivity contribution in [1.29, 1.82) is 0 Å². The summed E-state index contributed by atoms with van der Waals surface area (Å²) in [6.07, 6.45) is 4.05. The third-order valence-corrected chi connectivity index (χ3v) is 2.92. The fourth-order valence-electron chi connectivity index (χ4n) is 1.92. The van der Waals surface area contributed by atoms with E-state index >= 15 is 0 Å². The maximum absolute atomic E-state index is 10.7. The highest BCUT2D eigenvalue weighted by molar-refractivity contribution is 5.34. The molecule has 2 rings (SSSR count). The van der Waals surface area contributed by atoms with Gasteiger partial charge in [0.1, 0.15) is 5.60 Å². The summed E-state index contributed by atoms with van der Waals surface area (Å²) in [7, 11) is 0. The SMILES string of the molecule is CC[C@@](O)(c1ccccc1)c1ccncc1. The van der Waals surface area contributed by atoms with Crippen LogP contribution in [0.15, 0.2) is 54.9 Å². The number of aromatic nitrogens is 1. The number of nitrogens with zero attached hydrogens (tertiary/aromatic N) is 1. The molecule has 2 nitrogen and oxygen atoms in total. The quantitative estimate of drug-likeness (QED) is 0.850. The lowest BCUT2D eigenvalue weighted by atomic mass is 9.85. The molecule has 1 heterocycles. The topological polar surface area (TPSA) is 33.1 Å². The van der Waals surface area contributed by atoms with Crippen molar-refractivity contribution in [1.82, 2.24) is 4.98 Å². The van der Waals surface area contributed by atoms with Crippen molar-refractivity contribution in [3.05, 3.63) is 66.0 Å². The zero-order valence-electron chi connectivity index (χ0n) is 9.30. The molecule has 0 radical (unpaired) electrons. The Morgan fingerprint density at radius 3 is 2.12 bits per heavy atom. The normalized spacial score (nSPS) is 14.4. The van der Waals surface area contributed by atoms with Crippen LogP contribution in [0.2, 0.25) is 0 Å². The molecule has 0 saturated heterocycles. The van der Waals surface area contributed by atoms with Crippen molar-refractivity contribution < 1.29 is 5.11 Å². The second-order valence-corrected chi connectivity index (χ2v) is 3.82. The van der Waals surface area contributed by atoms with Crippen LogP contribution in [0.3, 0.4) is 0 Å². The highest BCUT2D eigenvalue weighted by Crippen LogP contribution is 2.31. The van der Waals surface area contributed by atoms with E-state index in [1.807, 2.05) is 49.4 Å². The molecule has 82 valence electrons. The average Bonchev–Trinajstić information content (AvgIpc) is 2.40. The van der Waals surface area contributed by atoms with Gasteiger partial charge in [0.2, 0.25) is 0 Å². The first-order valence-electron chi connectivity index (χ1n) is 5.46. The van der Waals surface area contributed by atoms with Gasteiger partial charge in [-0.1, -0.05) is 37.3 Å². The Balaban J connectivity index is 2.49. The molecule has 0 saturated carbocycles. The Hall–Kier alpha value is -1.67. The summed E-state index contributed by atoms with van der Waals surface area (Å²) in [6, 6.07) is 13.4. The Morgan fingerprint density at radius 2 is 1.56 bits per heavy atom. The first-order chi connectivity index (χ1) is 7.77. The molecule has 0 bridgehead atoms. The van der Waals surface area contributed by atoms with Crippen LogP contribution in [-0.4, -0.2) is 10.1 Å². The molecule has 1 atom stereocenters. The molecule has 0 spiro atoms. The van der Waals surface area contributed by atoms with Gasteiger partial charge in [0.05, 0.1) is 0 Å². The highest BCUT2D eigenvalue weighted by Gasteiger charge is 2.28. The molecule has 0 aliphatic heterocycles. The minimum atomic E-state index is -0.913. The summed E-state index contributed by atoms with van der Waals surface area (Å²) in [5.74, 6) is 0. The van der Waals surface area contributed by atoms with Crippen LogP contribution in [0.1, 0.15) is 24.5 Å². The number of hydrogen-bond acceptors (Lipinski definition) is 2. The largest absolute Gasteiger partial charge is 0.380 e. The van der Waals surface area contributed by atoms with Crippen molar-refractivity contribution in [3.8, 4) is 0 Å². The first kappa shape index (κ1) is 10.8. The van der Waals surface area contributed by atoms with E-state index in [2.05, 4.69) is 4.98 Å². The van der Waals surface area contributed by atoms with E-state index in [1.54, 1.807) is 12.4 Å². The molecule has 1 aromatic carbocycles. The Bertz CT molecular complexity index is 399. The van der Waals surface area contributed by atoms with E-state index in [9.17, 15) is 5.11 Å². The number of benzene rings is 1. The van der Waals surface area contributed by atoms with Crippen molar-refractivity contribution in [3.63, 3.8) is 0 Å². The van der Waals surface area contributed by atoms with Crippen LogP contribution in [0, 0.1) is 0 Å². The summed E-state index contributed by atoms with van der Waals surface area (Å²) >= 11 is 0. The van der Waals surface area contributed by atoms with Crippen LogP contribution in [-0.2, 0) is 5.60 Å². The van der Waals surface area contributed by atoms with Gasteiger partial charge in [-0.3, -0.25) is 4.98 Å². The van der Waals surface area contributed by atoms with Crippen molar-refractivity contribution in [2.45, 2.75) is 18.9 Å². The van der Waals surface area contributed by atoms with E-state index in [-0.39, 0.29) is 0 Å². The predicted octanol–water partition coefficient (Wildman–Crippen LogP) is 2.73. The van der Waals surface area contributed by atoms with Gasteiger partial charge in [0.25, 0.3) is 0 Å². The second kappa shape index (κ2) is 4.45. The molecule has 16 heavy (non-hydrogen) atoms. The Kier molecular flexibility index (Phi) is 3.02. The Labute approximate surface area is 95.6 Å². The lowest BCUT2D eigenvalue weighted by Crippen LogP contribution is -2.26. The fraction of sp³-hybridized carbons (Fsp3) is 0.214. The van der Waals surface area contributed by atoms with Crippen LogP contribution in [0.25, 0.3) is 0 Å². The number of aliphatic hydroxyl groups is 1. The van der Waals surface area contributed by atoms with E-state index in [0.29, 0.717) is 6.42 Å². The lowest BCUT2D eigenvalue weighted by Gasteiger charge is -2.27. The van der Waals surface area contributed by atoms with Crippen LogP contribution < -0.4 is 0 Å². The maximum atomic E-state index is 10.7. The van der Waals surface area contributed by atoms with Crippen LogP contribution in [0.4, 0.5) is 0 Å². The summed E-state index contributed by atoms with van der Waals surface area (Å²) in [4.78, 5) is 3.98. The first-order valence-corrected chi connectivity index (χ1v) is 5.46. The number of rotatable bonds is 3. The highest BCUT2D eigenvalue weighted by atomic mass is 16.3. The maximum Gasteiger partial charge on any atom is 0.114 e. The van der Waals surface area contributed by atoms with Crippen molar-refractivity contribution in [2.75, 3.05) is 0 Å². The Morgan fingerprint density at radius 1 is 1.00 bits per heavy atom. The minimum Gasteiger partial charge on any atom is -0.380 e. The predicted molar refractivity (Wildman–Crippen MR) is 64.0 cm³/mol. The van der Waals surface area contributed by atoms with Crippen molar-refractivity contribution in [2.24, 2.45) is 0 Å². The standard InChI is InChI=1S/C14H15NO/c1-2-14(16,12-6-4-3-5-7-12)13-8-10-15-11-9-13/h3-11,16H,2H2,1H3/t14-/m1/s1.